The van der Waals surface area contributed by atoms with Crippen LogP contribution in [0.4, 0.5) is 0 Å². The van der Waals surface area contributed by atoms with E-state index in [4.69, 9.17) is 4.74 Å². The fourth-order valence-electron chi connectivity index (χ4n) is 1.38. The smallest absolute Gasteiger partial charge is 0.160 e. The molecular formula is C10H10N2O2. The van der Waals surface area contributed by atoms with Crippen LogP contribution >= 0.6 is 0 Å². The second kappa shape index (κ2) is 3.14. The second-order valence-electron chi connectivity index (χ2n) is 3.03. The highest BCUT2D eigenvalue weighted by Crippen LogP contribution is 2.24. The number of methoxy groups -OCH3 is 1. The average Bonchev–Trinajstić information content (AvgIpc) is 2.63. The lowest BCUT2D eigenvalue weighted by Gasteiger charge is -2.02. The average molecular weight is 190 g/mol. The molecule has 4 heteroatoms. The molecule has 0 atom stereocenters. The Hall–Kier alpha value is -1.84. The van der Waals surface area contributed by atoms with Crippen molar-refractivity contribution in [1.82, 2.24) is 9.97 Å². The van der Waals surface area contributed by atoms with Crippen LogP contribution in [0.5, 0.6) is 5.75 Å². The van der Waals surface area contributed by atoms with E-state index in [1.165, 1.54) is 6.92 Å². The summed E-state index contributed by atoms with van der Waals surface area (Å²) in [4.78, 5) is 18.2. The Labute approximate surface area is 80.9 Å². The number of aromatic nitrogens is 2. The molecule has 0 spiro atoms. The molecule has 72 valence electrons. The number of fused-ring (bicyclic) bond motifs is 1. The third-order valence-corrected chi connectivity index (χ3v) is 2.12. The van der Waals surface area contributed by atoms with Gasteiger partial charge in [-0.1, -0.05) is 0 Å². The lowest BCUT2D eigenvalue weighted by molar-refractivity contribution is 0.101. The Balaban J connectivity index is 2.73. The minimum Gasteiger partial charge on any atom is -0.494 e. The van der Waals surface area contributed by atoms with Crippen molar-refractivity contribution in [3.8, 4) is 5.75 Å². The van der Waals surface area contributed by atoms with Gasteiger partial charge in [-0.25, -0.2) is 4.98 Å². The lowest BCUT2D eigenvalue weighted by Crippen LogP contribution is -1.94. The summed E-state index contributed by atoms with van der Waals surface area (Å²) >= 11 is 0. The fourth-order valence-corrected chi connectivity index (χ4v) is 1.38. The van der Waals surface area contributed by atoms with Gasteiger partial charge >= 0.3 is 0 Å². The third-order valence-electron chi connectivity index (χ3n) is 2.12. The van der Waals surface area contributed by atoms with E-state index in [2.05, 4.69) is 9.97 Å². The van der Waals surface area contributed by atoms with Gasteiger partial charge in [-0.2, -0.15) is 0 Å². The fraction of sp³-hybridized carbons (Fsp3) is 0.200. The first-order valence-electron chi connectivity index (χ1n) is 4.24. The Morgan fingerprint density at radius 2 is 2.29 bits per heavy atom. The Bertz CT molecular complexity index is 488. The highest BCUT2D eigenvalue weighted by atomic mass is 16.5. The summed E-state index contributed by atoms with van der Waals surface area (Å²) in [5, 5.41) is 0. The zero-order chi connectivity index (χ0) is 10.1. The topological polar surface area (TPSA) is 55.0 Å². The maximum Gasteiger partial charge on any atom is 0.160 e. The van der Waals surface area contributed by atoms with Gasteiger partial charge in [-0.05, 0) is 19.1 Å². The maximum atomic E-state index is 11.2. The van der Waals surface area contributed by atoms with Crippen molar-refractivity contribution in [3.05, 3.63) is 24.0 Å². The molecule has 14 heavy (non-hydrogen) atoms. The summed E-state index contributed by atoms with van der Waals surface area (Å²) in [6.07, 6.45) is 1.58. The molecule has 1 N–H and O–H groups in total. The molecule has 1 aromatic heterocycles. The number of rotatable bonds is 2. The molecule has 4 nitrogen and oxygen atoms in total. The van der Waals surface area contributed by atoms with Crippen LogP contribution in [0, 0.1) is 0 Å². The van der Waals surface area contributed by atoms with Crippen LogP contribution in [0.1, 0.15) is 17.3 Å². The van der Waals surface area contributed by atoms with Crippen LogP contribution in [-0.2, 0) is 0 Å². The molecule has 0 aliphatic carbocycles. The van der Waals surface area contributed by atoms with E-state index < -0.39 is 0 Å². The van der Waals surface area contributed by atoms with E-state index >= 15 is 0 Å². The van der Waals surface area contributed by atoms with Crippen molar-refractivity contribution in [2.75, 3.05) is 7.11 Å². The molecule has 1 heterocycles. The number of H-pyrrole nitrogens is 1. The van der Waals surface area contributed by atoms with Crippen LogP contribution in [0.25, 0.3) is 11.0 Å². The molecule has 0 unspecified atom stereocenters. The number of hydrogen-bond acceptors (Lipinski definition) is 3. The molecule has 0 amide bonds. The molecule has 2 aromatic rings. The summed E-state index contributed by atoms with van der Waals surface area (Å²) in [6.45, 7) is 1.52. The van der Waals surface area contributed by atoms with Crippen molar-refractivity contribution in [2.45, 2.75) is 6.92 Å². The van der Waals surface area contributed by atoms with Gasteiger partial charge in [0.15, 0.2) is 5.78 Å². The molecule has 0 aliphatic heterocycles. The number of carbonyl (C=O) groups is 1. The molecule has 0 saturated heterocycles. The van der Waals surface area contributed by atoms with E-state index in [1.54, 1.807) is 25.6 Å². The number of ketones is 1. The number of nitrogens with one attached hydrogen (secondary N) is 1. The van der Waals surface area contributed by atoms with Crippen molar-refractivity contribution in [3.63, 3.8) is 0 Å². The van der Waals surface area contributed by atoms with Crippen LogP contribution in [0.3, 0.4) is 0 Å². The summed E-state index contributed by atoms with van der Waals surface area (Å²) < 4.78 is 5.14. The van der Waals surface area contributed by atoms with Gasteiger partial charge in [-0.15, -0.1) is 0 Å². The highest BCUT2D eigenvalue weighted by Gasteiger charge is 2.08. The number of ether oxygens (including phenoxy) is 1. The normalized spacial score (nSPS) is 10.4. The maximum absolute atomic E-state index is 11.2. The highest BCUT2D eigenvalue weighted by molar-refractivity contribution is 5.98. The first kappa shape index (κ1) is 8.74. The van der Waals surface area contributed by atoms with E-state index in [1.807, 2.05) is 0 Å². The summed E-state index contributed by atoms with van der Waals surface area (Å²) in [6, 6.07) is 3.47. The van der Waals surface area contributed by atoms with Gasteiger partial charge in [0.1, 0.15) is 11.3 Å². The van der Waals surface area contributed by atoms with Crippen molar-refractivity contribution in [1.29, 1.82) is 0 Å². The number of carbonyl (C=O) groups excluding carboxylic acids is 1. The van der Waals surface area contributed by atoms with Crippen molar-refractivity contribution in [2.24, 2.45) is 0 Å². The van der Waals surface area contributed by atoms with Crippen LogP contribution < -0.4 is 4.74 Å². The number of Topliss-reactive ketones (excluding diaryl/α,β-unsaturated/α-hetero) is 1. The summed E-state index contributed by atoms with van der Waals surface area (Å²) in [5.74, 6) is 0.633. The standard InChI is InChI=1S/C10H10N2O2/c1-6(13)7-3-8-10(12-5-11-8)9(4-7)14-2/h3-5H,1-2H3,(H,11,12). The predicted octanol–water partition coefficient (Wildman–Crippen LogP) is 1.77. The lowest BCUT2D eigenvalue weighted by atomic mass is 10.1. The minimum absolute atomic E-state index is 0.0137. The summed E-state index contributed by atoms with van der Waals surface area (Å²) in [5.41, 5.74) is 2.19. The van der Waals surface area contributed by atoms with Gasteiger partial charge in [0, 0.05) is 5.56 Å². The monoisotopic (exact) mass is 190 g/mol. The zero-order valence-corrected chi connectivity index (χ0v) is 8.00. The third kappa shape index (κ3) is 1.25. The van der Waals surface area contributed by atoms with Gasteiger partial charge in [0.2, 0.25) is 0 Å². The summed E-state index contributed by atoms with van der Waals surface area (Å²) in [7, 11) is 1.56. The molecule has 0 aliphatic rings. The SMILES string of the molecule is COc1cc(C(C)=O)cc2[nH]cnc12. The van der Waals surface area contributed by atoms with E-state index in [-0.39, 0.29) is 5.78 Å². The van der Waals surface area contributed by atoms with E-state index in [0.29, 0.717) is 11.3 Å². The first-order valence-corrected chi connectivity index (χ1v) is 4.24. The quantitative estimate of drug-likeness (QED) is 0.734. The molecule has 1 aromatic carbocycles. The molecule has 0 saturated carbocycles. The number of nitrogens with zero attached hydrogens (tertiary/aromatic N) is 1. The zero-order valence-electron chi connectivity index (χ0n) is 8.00. The first-order chi connectivity index (χ1) is 6.72. The number of imidazole rings is 1. The largest absolute Gasteiger partial charge is 0.494 e. The molecular weight excluding hydrogens is 180 g/mol. The van der Waals surface area contributed by atoms with Gasteiger partial charge in [-0.3, -0.25) is 4.79 Å². The van der Waals surface area contributed by atoms with Gasteiger partial charge in [0.25, 0.3) is 0 Å². The van der Waals surface area contributed by atoms with Gasteiger partial charge < -0.3 is 9.72 Å². The van der Waals surface area contributed by atoms with E-state index in [9.17, 15) is 4.79 Å². The Kier molecular flexibility index (Phi) is 1.96. The molecule has 2 rings (SSSR count). The second-order valence-corrected chi connectivity index (χ2v) is 3.03. The molecule has 0 bridgehead atoms. The van der Waals surface area contributed by atoms with Gasteiger partial charge in [0.05, 0.1) is 19.0 Å². The van der Waals surface area contributed by atoms with E-state index in [0.717, 1.165) is 11.0 Å². The minimum atomic E-state index is 0.0137. The number of aromatic amines is 1. The van der Waals surface area contributed by atoms with Crippen LogP contribution in [-0.4, -0.2) is 22.9 Å². The molecule has 0 fully saturated rings. The van der Waals surface area contributed by atoms with Crippen molar-refractivity contribution < 1.29 is 9.53 Å². The molecule has 0 radical (unpaired) electrons. The number of benzene rings is 1. The predicted molar refractivity (Wildman–Crippen MR) is 52.7 cm³/mol. The number of hydrogen-bond donors (Lipinski definition) is 1. The Morgan fingerprint density at radius 1 is 1.50 bits per heavy atom. The van der Waals surface area contributed by atoms with Crippen molar-refractivity contribution >= 4 is 16.8 Å². The Morgan fingerprint density at radius 3 is 2.93 bits per heavy atom. The van der Waals surface area contributed by atoms with Crippen LogP contribution in [0.2, 0.25) is 0 Å². The van der Waals surface area contributed by atoms with Crippen LogP contribution in [0.15, 0.2) is 18.5 Å².